The number of para-hydroxylation sites is 1. The number of hydrogen-bond acceptors (Lipinski definition) is 7. The van der Waals surface area contributed by atoms with Crippen molar-refractivity contribution in [1.29, 1.82) is 0 Å². The average Bonchev–Trinajstić information content (AvgIpc) is 3.31. The lowest BCUT2D eigenvalue weighted by molar-refractivity contribution is -0.0276. The van der Waals surface area contributed by atoms with Gasteiger partial charge in [-0.2, -0.15) is 0 Å². The molecule has 234 valence electrons. The third-order valence-corrected chi connectivity index (χ3v) is 7.16. The molecule has 42 heavy (non-hydrogen) atoms. The van der Waals surface area contributed by atoms with Gasteiger partial charge in [-0.1, -0.05) is 32.1 Å². The van der Waals surface area contributed by atoms with Crippen molar-refractivity contribution in [3.8, 4) is 5.69 Å². The van der Waals surface area contributed by atoms with Gasteiger partial charge in [0.15, 0.2) is 17.3 Å². The van der Waals surface area contributed by atoms with Crippen molar-refractivity contribution >= 4 is 12.0 Å². The summed E-state index contributed by atoms with van der Waals surface area (Å²) in [5.41, 5.74) is -1.52. The quantitative estimate of drug-likeness (QED) is 0.379. The predicted molar refractivity (Wildman–Crippen MR) is 153 cm³/mol. The largest absolute Gasteiger partial charge is 0.444 e. The molecule has 12 heteroatoms. The van der Waals surface area contributed by atoms with E-state index in [0.717, 1.165) is 16.8 Å². The standard InChI is InChI=1S/C30H45F2N5O5/c1-20(2)16-36(21-15-30(6,19-38)18-35(17-21)28(40)42-29(3,4)5)27(39)25-24(13-8-9-14-41-7)37(34-33-25)26-22(31)11-10-12-23(26)32/h10-12,20-21,38H,8-9,13-19H2,1-7H3/t21-,30?/m0/s1. The molecule has 2 atom stereocenters. The minimum Gasteiger partial charge on any atom is -0.444 e. The van der Waals surface area contributed by atoms with Gasteiger partial charge in [0.2, 0.25) is 0 Å². The van der Waals surface area contributed by atoms with Crippen molar-refractivity contribution in [3.63, 3.8) is 0 Å². The summed E-state index contributed by atoms with van der Waals surface area (Å²) in [5.74, 6) is -2.05. The van der Waals surface area contributed by atoms with Gasteiger partial charge in [-0.3, -0.25) is 4.79 Å². The van der Waals surface area contributed by atoms with E-state index in [-0.39, 0.29) is 37.7 Å². The van der Waals surface area contributed by atoms with Crippen LogP contribution in [0.15, 0.2) is 18.2 Å². The summed E-state index contributed by atoms with van der Waals surface area (Å²) in [5, 5.41) is 18.5. The van der Waals surface area contributed by atoms with Crippen LogP contribution in [0.1, 0.15) is 77.0 Å². The van der Waals surface area contributed by atoms with Gasteiger partial charge in [0, 0.05) is 38.8 Å². The Hall–Kier alpha value is -3.12. The Kier molecular flexibility index (Phi) is 11.0. The Morgan fingerprint density at radius 3 is 2.45 bits per heavy atom. The number of aromatic nitrogens is 3. The van der Waals surface area contributed by atoms with Crippen LogP contribution >= 0.6 is 0 Å². The van der Waals surface area contributed by atoms with Crippen LogP contribution in [0.5, 0.6) is 0 Å². The molecule has 0 bridgehead atoms. The first-order chi connectivity index (χ1) is 19.7. The van der Waals surface area contributed by atoms with Gasteiger partial charge in [-0.05, 0) is 64.5 Å². The summed E-state index contributed by atoms with van der Waals surface area (Å²) in [6.45, 7) is 12.2. The molecule has 1 N–H and O–H groups in total. The maximum Gasteiger partial charge on any atom is 0.410 e. The van der Waals surface area contributed by atoms with E-state index in [0.29, 0.717) is 38.1 Å². The number of aliphatic hydroxyl groups is 1. The molecular weight excluding hydrogens is 548 g/mol. The van der Waals surface area contributed by atoms with E-state index in [1.54, 1.807) is 32.8 Å². The highest BCUT2D eigenvalue weighted by Crippen LogP contribution is 2.34. The first-order valence-corrected chi connectivity index (χ1v) is 14.5. The molecule has 1 aliphatic heterocycles. The van der Waals surface area contributed by atoms with Crippen LogP contribution in [0.25, 0.3) is 5.69 Å². The summed E-state index contributed by atoms with van der Waals surface area (Å²) in [6.07, 6.45) is 1.42. The zero-order chi connectivity index (χ0) is 31.2. The molecule has 10 nitrogen and oxygen atoms in total. The van der Waals surface area contributed by atoms with E-state index < -0.39 is 46.4 Å². The molecular formula is C30H45F2N5O5. The molecule has 1 saturated heterocycles. The molecule has 0 radical (unpaired) electrons. The smallest absolute Gasteiger partial charge is 0.410 e. The number of methoxy groups -OCH3 is 1. The number of halogens is 2. The van der Waals surface area contributed by atoms with E-state index in [1.165, 1.54) is 11.0 Å². The predicted octanol–water partition coefficient (Wildman–Crippen LogP) is 4.62. The van der Waals surface area contributed by atoms with Crippen LogP contribution < -0.4 is 0 Å². The molecule has 1 aromatic carbocycles. The number of benzene rings is 1. The Morgan fingerprint density at radius 1 is 1.21 bits per heavy atom. The third kappa shape index (κ3) is 8.25. The SMILES string of the molecule is COCCCCc1c(C(=O)N(CC(C)C)[C@@H]2CN(C(=O)OC(C)(C)C)CC(C)(CO)C2)nnn1-c1c(F)cccc1F. The van der Waals surface area contributed by atoms with Crippen LogP contribution in [0.2, 0.25) is 0 Å². The van der Waals surface area contributed by atoms with Crippen molar-refractivity contribution in [1.82, 2.24) is 24.8 Å². The van der Waals surface area contributed by atoms with Gasteiger partial charge >= 0.3 is 6.09 Å². The fourth-order valence-electron chi connectivity index (χ4n) is 5.30. The first-order valence-electron chi connectivity index (χ1n) is 14.5. The first kappa shape index (κ1) is 33.4. The summed E-state index contributed by atoms with van der Waals surface area (Å²) in [7, 11) is 1.59. The Bertz CT molecular complexity index is 1210. The number of aliphatic hydroxyl groups excluding tert-OH is 1. The molecule has 1 fully saturated rings. The lowest BCUT2D eigenvalue weighted by Crippen LogP contribution is -2.59. The van der Waals surface area contributed by atoms with E-state index in [1.807, 2.05) is 20.8 Å². The van der Waals surface area contributed by atoms with Gasteiger partial charge < -0.3 is 24.4 Å². The number of carbonyl (C=O) groups is 2. The van der Waals surface area contributed by atoms with Crippen LogP contribution in [-0.2, 0) is 15.9 Å². The molecule has 1 aliphatic rings. The van der Waals surface area contributed by atoms with Crippen molar-refractivity contribution < 1.29 is 33.0 Å². The van der Waals surface area contributed by atoms with Crippen molar-refractivity contribution in [2.45, 2.75) is 78.9 Å². The van der Waals surface area contributed by atoms with Gasteiger partial charge in [0.1, 0.15) is 11.3 Å². The molecule has 0 saturated carbocycles. The van der Waals surface area contributed by atoms with Crippen LogP contribution in [0.4, 0.5) is 13.6 Å². The number of nitrogens with zero attached hydrogens (tertiary/aromatic N) is 5. The van der Waals surface area contributed by atoms with Crippen molar-refractivity contribution in [2.24, 2.45) is 11.3 Å². The number of unbranched alkanes of at least 4 members (excludes halogenated alkanes) is 1. The minimum atomic E-state index is -0.824. The van der Waals surface area contributed by atoms with Crippen LogP contribution in [0.3, 0.4) is 0 Å². The second-order valence-electron chi connectivity index (χ2n) is 12.9. The number of amides is 2. The summed E-state index contributed by atoms with van der Waals surface area (Å²) in [6, 6.07) is 3.04. The molecule has 2 amide bonds. The second kappa shape index (κ2) is 13.9. The van der Waals surface area contributed by atoms with Crippen molar-refractivity contribution in [2.75, 3.05) is 40.0 Å². The molecule has 1 unspecified atom stereocenters. The minimum absolute atomic E-state index is 0.00388. The second-order valence-corrected chi connectivity index (χ2v) is 12.9. The van der Waals surface area contributed by atoms with E-state index >= 15 is 0 Å². The third-order valence-electron chi connectivity index (χ3n) is 7.16. The summed E-state index contributed by atoms with van der Waals surface area (Å²) >= 11 is 0. The summed E-state index contributed by atoms with van der Waals surface area (Å²) < 4.78 is 41.5. The Morgan fingerprint density at radius 2 is 1.88 bits per heavy atom. The highest BCUT2D eigenvalue weighted by molar-refractivity contribution is 5.93. The van der Waals surface area contributed by atoms with Gasteiger partial charge in [0.05, 0.1) is 18.3 Å². The molecule has 1 aromatic heterocycles. The fraction of sp³-hybridized carbons (Fsp3) is 0.667. The monoisotopic (exact) mass is 593 g/mol. The van der Waals surface area contributed by atoms with E-state index in [4.69, 9.17) is 9.47 Å². The molecule has 2 heterocycles. The topological polar surface area (TPSA) is 110 Å². The maximum atomic E-state index is 14.8. The highest BCUT2D eigenvalue weighted by Gasteiger charge is 2.43. The normalized spacial score (nSPS) is 19.3. The van der Waals surface area contributed by atoms with Crippen LogP contribution in [-0.4, -0.2) is 93.5 Å². The number of hydrogen-bond donors (Lipinski definition) is 1. The number of rotatable bonds is 11. The van der Waals surface area contributed by atoms with Crippen LogP contribution in [0, 0.1) is 23.0 Å². The lowest BCUT2D eigenvalue weighted by Gasteiger charge is -2.47. The Labute approximate surface area is 247 Å². The number of ether oxygens (including phenoxy) is 2. The van der Waals surface area contributed by atoms with Crippen molar-refractivity contribution in [3.05, 3.63) is 41.2 Å². The van der Waals surface area contributed by atoms with Gasteiger partial charge in [-0.25, -0.2) is 18.3 Å². The highest BCUT2D eigenvalue weighted by atomic mass is 19.1. The average molecular weight is 594 g/mol. The van der Waals surface area contributed by atoms with E-state index in [2.05, 4.69) is 10.3 Å². The summed E-state index contributed by atoms with van der Waals surface area (Å²) in [4.78, 5) is 30.6. The van der Waals surface area contributed by atoms with Gasteiger partial charge in [0.25, 0.3) is 5.91 Å². The zero-order valence-corrected chi connectivity index (χ0v) is 25.8. The zero-order valence-electron chi connectivity index (χ0n) is 25.8. The van der Waals surface area contributed by atoms with Gasteiger partial charge in [-0.15, -0.1) is 5.10 Å². The van der Waals surface area contributed by atoms with E-state index in [9.17, 15) is 23.5 Å². The molecule has 2 aromatic rings. The fourth-order valence-corrected chi connectivity index (χ4v) is 5.30. The number of carbonyl (C=O) groups excluding carboxylic acids is 2. The molecule has 3 rings (SSSR count). The molecule has 0 aliphatic carbocycles. The Balaban J connectivity index is 2.05. The lowest BCUT2D eigenvalue weighted by atomic mass is 9.79. The number of piperidine rings is 1. The number of likely N-dealkylation sites (tertiary alicyclic amines) is 1. The maximum absolute atomic E-state index is 14.8. The molecule has 0 spiro atoms.